The van der Waals surface area contributed by atoms with Gasteiger partial charge in [0.2, 0.25) is 10.0 Å². The van der Waals surface area contributed by atoms with E-state index in [4.69, 9.17) is 11.2 Å². The lowest BCUT2D eigenvalue weighted by Gasteiger charge is -2.21. The first-order chi connectivity index (χ1) is 13.4. The molecule has 2 rings (SSSR count). The molecule has 0 saturated heterocycles. The minimum atomic E-state index is -3.94. The number of nitrogens with one attached hydrogen (secondary N) is 1. The van der Waals surface area contributed by atoms with Crippen LogP contribution in [0.25, 0.3) is 0 Å². The van der Waals surface area contributed by atoms with Crippen molar-refractivity contribution in [1.82, 2.24) is 9.62 Å². The molecule has 1 N–H and O–H groups in total. The third-order valence-electron chi connectivity index (χ3n) is 3.64. The molecule has 2 aromatic rings. The maximum atomic E-state index is 13.0. The summed E-state index contributed by atoms with van der Waals surface area (Å²) < 4.78 is 31.8. The molecular formula is C20H20N2O5S. The van der Waals surface area contributed by atoms with E-state index in [1.807, 2.05) is 6.07 Å². The summed E-state index contributed by atoms with van der Waals surface area (Å²) in [6, 6.07) is 16.7. The first kappa shape index (κ1) is 21.2. The van der Waals surface area contributed by atoms with Gasteiger partial charge in [0.25, 0.3) is 5.91 Å². The Morgan fingerprint density at radius 3 is 2.25 bits per heavy atom. The van der Waals surface area contributed by atoms with Crippen LogP contribution in [0.2, 0.25) is 0 Å². The monoisotopic (exact) mass is 400 g/mol. The first-order valence-corrected chi connectivity index (χ1v) is 9.82. The zero-order valence-electron chi connectivity index (χ0n) is 15.1. The summed E-state index contributed by atoms with van der Waals surface area (Å²) in [6.45, 7) is -1.07. The van der Waals surface area contributed by atoms with Crippen molar-refractivity contribution in [2.75, 3.05) is 19.7 Å². The number of sulfonamides is 1. The maximum absolute atomic E-state index is 13.0. The van der Waals surface area contributed by atoms with Crippen molar-refractivity contribution in [2.45, 2.75) is 11.4 Å². The van der Waals surface area contributed by atoms with Gasteiger partial charge in [-0.3, -0.25) is 9.59 Å². The summed E-state index contributed by atoms with van der Waals surface area (Å²) >= 11 is 0. The topological polar surface area (TPSA) is 92.8 Å². The number of rotatable bonds is 9. The van der Waals surface area contributed by atoms with E-state index in [1.54, 1.807) is 42.5 Å². The summed E-state index contributed by atoms with van der Waals surface area (Å²) in [6.07, 6.45) is 5.03. The zero-order chi connectivity index (χ0) is 20.4. The van der Waals surface area contributed by atoms with E-state index in [0.29, 0.717) is 5.56 Å². The number of benzene rings is 2. The molecule has 0 aromatic heterocycles. The van der Waals surface area contributed by atoms with E-state index in [-0.39, 0.29) is 18.0 Å². The van der Waals surface area contributed by atoms with Crippen LogP contribution in [0.15, 0.2) is 65.6 Å². The van der Waals surface area contributed by atoms with E-state index in [0.717, 1.165) is 4.31 Å². The quantitative estimate of drug-likeness (QED) is 0.504. The summed E-state index contributed by atoms with van der Waals surface area (Å²) in [5, 5.41) is 2.35. The molecule has 0 radical (unpaired) electrons. The Bertz CT molecular complexity index is 938. The highest BCUT2D eigenvalue weighted by Crippen LogP contribution is 2.18. The fourth-order valence-corrected chi connectivity index (χ4v) is 3.68. The van der Waals surface area contributed by atoms with Crippen LogP contribution in [-0.4, -0.2) is 44.3 Å². The Morgan fingerprint density at radius 2 is 1.64 bits per heavy atom. The second-order valence-corrected chi connectivity index (χ2v) is 7.65. The molecule has 8 heteroatoms. The normalized spacial score (nSPS) is 10.9. The standard InChI is InChI=1S/C20H20N2O5S/c1-2-13-21-19(23)16-27-20(24)15-22(14-17-9-5-3-6-10-17)28(25,26)18-11-7-4-8-12-18/h1,3-12H,13-16H2,(H,21,23). The molecule has 0 aliphatic carbocycles. The van der Waals surface area contributed by atoms with Gasteiger partial charge < -0.3 is 10.1 Å². The summed E-state index contributed by atoms with van der Waals surface area (Å²) in [7, 11) is -3.94. The van der Waals surface area contributed by atoms with Crippen LogP contribution in [-0.2, 0) is 30.9 Å². The van der Waals surface area contributed by atoms with Crippen molar-refractivity contribution in [3.05, 3.63) is 66.2 Å². The van der Waals surface area contributed by atoms with E-state index < -0.39 is 35.1 Å². The van der Waals surface area contributed by atoms with Crippen LogP contribution < -0.4 is 5.32 Å². The molecule has 0 bridgehead atoms. The number of carbonyl (C=O) groups is 2. The number of hydrogen-bond acceptors (Lipinski definition) is 5. The summed E-state index contributed by atoms with van der Waals surface area (Å²) in [5.74, 6) is 0.819. The van der Waals surface area contributed by atoms with Gasteiger partial charge >= 0.3 is 5.97 Å². The van der Waals surface area contributed by atoms with Gasteiger partial charge in [-0.1, -0.05) is 54.5 Å². The zero-order valence-corrected chi connectivity index (χ0v) is 15.9. The molecule has 0 aliphatic heterocycles. The van der Waals surface area contributed by atoms with Gasteiger partial charge in [0.1, 0.15) is 6.54 Å². The fraction of sp³-hybridized carbons (Fsp3) is 0.200. The van der Waals surface area contributed by atoms with E-state index >= 15 is 0 Å². The fourth-order valence-electron chi connectivity index (χ4n) is 2.29. The number of carbonyl (C=O) groups excluding carboxylic acids is 2. The average molecular weight is 400 g/mol. The molecule has 0 saturated carbocycles. The van der Waals surface area contributed by atoms with Crippen molar-refractivity contribution in [3.8, 4) is 12.3 Å². The second-order valence-electron chi connectivity index (χ2n) is 5.71. The van der Waals surface area contributed by atoms with Gasteiger partial charge in [-0.05, 0) is 17.7 Å². The molecule has 0 spiro atoms. The highest BCUT2D eigenvalue weighted by molar-refractivity contribution is 7.89. The first-order valence-electron chi connectivity index (χ1n) is 8.38. The van der Waals surface area contributed by atoms with Gasteiger partial charge in [-0.25, -0.2) is 8.42 Å². The average Bonchev–Trinajstić information content (AvgIpc) is 2.71. The molecule has 0 unspecified atom stereocenters. The Hall–Kier alpha value is -3.15. The Balaban J connectivity index is 2.14. The Kier molecular flexibility index (Phi) is 7.75. The molecule has 1 amide bonds. The molecular weight excluding hydrogens is 380 g/mol. The summed E-state index contributed by atoms with van der Waals surface area (Å²) in [5.41, 5.74) is 0.710. The molecule has 146 valence electrons. The summed E-state index contributed by atoms with van der Waals surface area (Å²) in [4.78, 5) is 23.7. The maximum Gasteiger partial charge on any atom is 0.321 e. The van der Waals surface area contributed by atoms with E-state index in [2.05, 4.69) is 11.2 Å². The van der Waals surface area contributed by atoms with Crippen molar-refractivity contribution in [3.63, 3.8) is 0 Å². The van der Waals surface area contributed by atoms with Crippen LogP contribution in [0.4, 0.5) is 0 Å². The van der Waals surface area contributed by atoms with E-state index in [9.17, 15) is 18.0 Å². The lowest BCUT2D eigenvalue weighted by molar-refractivity contribution is -0.148. The predicted octanol–water partition coefficient (Wildman–Crippen LogP) is 1.17. The molecule has 0 heterocycles. The number of hydrogen-bond donors (Lipinski definition) is 1. The molecule has 0 atom stereocenters. The van der Waals surface area contributed by atoms with Crippen molar-refractivity contribution in [1.29, 1.82) is 0 Å². The third kappa shape index (κ3) is 6.23. The van der Waals surface area contributed by atoms with Crippen LogP contribution in [0.1, 0.15) is 5.56 Å². The molecule has 7 nitrogen and oxygen atoms in total. The minimum absolute atomic E-state index is 0.0128. The van der Waals surface area contributed by atoms with Gasteiger partial charge in [0, 0.05) is 6.54 Å². The lowest BCUT2D eigenvalue weighted by Crippen LogP contribution is -2.37. The van der Waals surface area contributed by atoms with Crippen LogP contribution in [0.5, 0.6) is 0 Å². The van der Waals surface area contributed by atoms with Gasteiger partial charge in [-0.15, -0.1) is 6.42 Å². The van der Waals surface area contributed by atoms with Gasteiger partial charge in [0.15, 0.2) is 6.61 Å². The smallest absolute Gasteiger partial charge is 0.321 e. The lowest BCUT2D eigenvalue weighted by atomic mass is 10.2. The number of ether oxygens (including phenoxy) is 1. The number of amides is 1. The molecule has 2 aromatic carbocycles. The number of esters is 1. The largest absolute Gasteiger partial charge is 0.455 e. The van der Waals surface area contributed by atoms with Crippen molar-refractivity contribution < 1.29 is 22.7 Å². The number of nitrogens with zero attached hydrogens (tertiary/aromatic N) is 1. The SMILES string of the molecule is C#CCNC(=O)COC(=O)CN(Cc1ccccc1)S(=O)(=O)c1ccccc1. The molecule has 0 aliphatic rings. The van der Waals surface area contributed by atoms with Crippen LogP contribution >= 0.6 is 0 Å². The predicted molar refractivity (Wildman–Crippen MR) is 103 cm³/mol. The highest BCUT2D eigenvalue weighted by Gasteiger charge is 2.27. The Labute approximate surface area is 164 Å². The van der Waals surface area contributed by atoms with Crippen molar-refractivity contribution in [2.24, 2.45) is 0 Å². The number of terminal acetylenes is 1. The van der Waals surface area contributed by atoms with Crippen molar-refractivity contribution >= 4 is 21.9 Å². The Morgan fingerprint density at radius 1 is 1.04 bits per heavy atom. The van der Waals surface area contributed by atoms with Gasteiger partial charge in [-0.2, -0.15) is 4.31 Å². The van der Waals surface area contributed by atoms with Crippen LogP contribution in [0.3, 0.4) is 0 Å². The minimum Gasteiger partial charge on any atom is -0.455 e. The highest BCUT2D eigenvalue weighted by atomic mass is 32.2. The third-order valence-corrected chi connectivity index (χ3v) is 5.45. The second kappa shape index (κ2) is 10.3. The molecule has 28 heavy (non-hydrogen) atoms. The van der Waals surface area contributed by atoms with Crippen LogP contribution in [0, 0.1) is 12.3 Å². The molecule has 0 fully saturated rings. The van der Waals surface area contributed by atoms with Gasteiger partial charge in [0.05, 0.1) is 11.4 Å². The van der Waals surface area contributed by atoms with E-state index in [1.165, 1.54) is 12.1 Å².